The molecule has 0 radical (unpaired) electrons. The highest BCUT2D eigenvalue weighted by atomic mass is 32.1. The fourth-order valence-corrected chi connectivity index (χ4v) is 3.84. The Labute approximate surface area is 165 Å². The molecule has 1 saturated heterocycles. The first-order valence-electron chi connectivity index (χ1n) is 9.82. The molecule has 27 heavy (non-hydrogen) atoms. The van der Waals surface area contributed by atoms with Crippen LogP contribution in [0.25, 0.3) is 0 Å². The average Bonchev–Trinajstić information content (AvgIpc) is 2.99. The molecule has 0 unspecified atom stereocenters. The van der Waals surface area contributed by atoms with Gasteiger partial charge >= 0.3 is 0 Å². The van der Waals surface area contributed by atoms with E-state index >= 15 is 0 Å². The van der Waals surface area contributed by atoms with Crippen LogP contribution < -0.4 is 10.1 Å². The number of hydrogen-bond donors (Lipinski definition) is 1. The van der Waals surface area contributed by atoms with Gasteiger partial charge in [0.05, 0.1) is 10.7 Å². The molecule has 146 valence electrons. The summed E-state index contributed by atoms with van der Waals surface area (Å²) >= 11 is 1.64. The van der Waals surface area contributed by atoms with Gasteiger partial charge in [-0.05, 0) is 50.4 Å². The molecule has 1 aromatic heterocycles. The minimum absolute atomic E-state index is 0.330. The number of nitrogens with zero attached hydrogens (tertiary/aromatic N) is 2. The zero-order valence-electron chi connectivity index (χ0n) is 16.1. The molecule has 0 spiro atoms. The SMILES string of the molecule is Cc1nc(COc2ccc(CNCCCN3CCCCCC3=O)cc2)cs1. The van der Waals surface area contributed by atoms with E-state index in [1.54, 1.807) is 11.3 Å². The van der Waals surface area contributed by atoms with Gasteiger partial charge in [-0.1, -0.05) is 18.6 Å². The Bertz CT molecular complexity index is 714. The molecule has 0 bridgehead atoms. The summed E-state index contributed by atoms with van der Waals surface area (Å²) in [6.07, 6.45) is 5.11. The van der Waals surface area contributed by atoms with Crippen LogP contribution in [0.5, 0.6) is 5.75 Å². The van der Waals surface area contributed by atoms with Crippen LogP contribution >= 0.6 is 11.3 Å². The quantitative estimate of drug-likeness (QED) is 0.663. The van der Waals surface area contributed by atoms with Crippen LogP contribution in [0.3, 0.4) is 0 Å². The van der Waals surface area contributed by atoms with E-state index in [-0.39, 0.29) is 0 Å². The molecule has 0 atom stereocenters. The van der Waals surface area contributed by atoms with Gasteiger partial charge in [0.25, 0.3) is 0 Å². The maximum absolute atomic E-state index is 12.0. The molecule has 5 nitrogen and oxygen atoms in total. The van der Waals surface area contributed by atoms with Gasteiger partial charge in [0.1, 0.15) is 12.4 Å². The predicted octanol–water partition coefficient (Wildman–Crippen LogP) is 3.91. The van der Waals surface area contributed by atoms with Gasteiger partial charge < -0.3 is 15.0 Å². The Hall–Kier alpha value is -1.92. The number of aryl methyl sites for hydroxylation is 1. The first-order valence-corrected chi connectivity index (χ1v) is 10.7. The summed E-state index contributed by atoms with van der Waals surface area (Å²) in [5, 5.41) is 6.56. The number of ether oxygens (including phenoxy) is 1. The minimum atomic E-state index is 0.330. The Morgan fingerprint density at radius 1 is 1.22 bits per heavy atom. The van der Waals surface area contributed by atoms with Gasteiger partial charge in [-0.15, -0.1) is 11.3 Å². The summed E-state index contributed by atoms with van der Waals surface area (Å²) in [5.74, 6) is 1.19. The first kappa shape index (κ1) is 19.8. The van der Waals surface area contributed by atoms with E-state index in [9.17, 15) is 4.79 Å². The lowest BCUT2D eigenvalue weighted by atomic mass is 10.2. The smallest absolute Gasteiger partial charge is 0.222 e. The monoisotopic (exact) mass is 387 g/mol. The topological polar surface area (TPSA) is 54.5 Å². The van der Waals surface area contributed by atoms with E-state index in [2.05, 4.69) is 22.4 Å². The summed E-state index contributed by atoms with van der Waals surface area (Å²) in [6, 6.07) is 8.19. The normalized spacial score (nSPS) is 15.0. The Balaban J connectivity index is 1.32. The number of rotatable bonds is 9. The molecule has 1 fully saturated rings. The van der Waals surface area contributed by atoms with Gasteiger partial charge in [0, 0.05) is 31.4 Å². The molecule has 0 saturated carbocycles. The van der Waals surface area contributed by atoms with Crippen molar-refractivity contribution in [3.05, 3.63) is 45.9 Å². The Morgan fingerprint density at radius 2 is 2.07 bits per heavy atom. The van der Waals surface area contributed by atoms with Gasteiger partial charge in [0.2, 0.25) is 5.91 Å². The van der Waals surface area contributed by atoms with Crippen LogP contribution in [-0.2, 0) is 17.9 Å². The molecule has 1 amide bonds. The summed E-state index contributed by atoms with van der Waals surface area (Å²) in [4.78, 5) is 18.4. The van der Waals surface area contributed by atoms with Crippen LogP contribution in [0.1, 0.15) is 48.4 Å². The third kappa shape index (κ3) is 6.63. The van der Waals surface area contributed by atoms with E-state index < -0.39 is 0 Å². The second-order valence-corrected chi connectivity index (χ2v) is 8.07. The number of likely N-dealkylation sites (tertiary alicyclic amines) is 1. The van der Waals surface area contributed by atoms with Crippen molar-refractivity contribution in [2.75, 3.05) is 19.6 Å². The standard InChI is InChI=1S/C21H29N3O2S/c1-17-23-19(16-27-17)15-26-20-9-7-18(8-10-20)14-22-11-5-13-24-12-4-2-3-6-21(24)25/h7-10,16,22H,2-6,11-15H2,1H3. The van der Waals surface area contributed by atoms with E-state index in [4.69, 9.17) is 4.74 Å². The molecule has 1 aromatic carbocycles. The zero-order valence-corrected chi connectivity index (χ0v) is 16.9. The number of hydrogen-bond acceptors (Lipinski definition) is 5. The number of carbonyl (C=O) groups excluding carboxylic acids is 1. The first-order chi connectivity index (χ1) is 13.2. The van der Waals surface area contributed by atoms with Crippen LogP contribution in [0.4, 0.5) is 0 Å². The highest BCUT2D eigenvalue weighted by molar-refractivity contribution is 7.09. The van der Waals surface area contributed by atoms with Crippen LogP contribution in [0.15, 0.2) is 29.6 Å². The van der Waals surface area contributed by atoms with Crippen molar-refractivity contribution in [2.24, 2.45) is 0 Å². The van der Waals surface area contributed by atoms with Crippen molar-refractivity contribution in [3.63, 3.8) is 0 Å². The Kier molecular flexibility index (Phi) is 7.66. The van der Waals surface area contributed by atoms with E-state index in [0.717, 1.165) is 68.3 Å². The van der Waals surface area contributed by atoms with E-state index in [0.29, 0.717) is 12.5 Å². The molecule has 1 aliphatic heterocycles. The molecule has 2 heterocycles. The van der Waals surface area contributed by atoms with Crippen molar-refractivity contribution < 1.29 is 9.53 Å². The molecule has 6 heteroatoms. The average molecular weight is 388 g/mol. The van der Waals surface area contributed by atoms with E-state index in [1.165, 1.54) is 12.0 Å². The summed E-state index contributed by atoms with van der Waals surface area (Å²) < 4.78 is 5.78. The van der Waals surface area contributed by atoms with Gasteiger partial charge in [-0.25, -0.2) is 4.98 Å². The highest BCUT2D eigenvalue weighted by Crippen LogP contribution is 2.15. The van der Waals surface area contributed by atoms with E-state index in [1.807, 2.05) is 29.3 Å². The maximum atomic E-state index is 12.0. The Morgan fingerprint density at radius 3 is 2.85 bits per heavy atom. The summed E-state index contributed by atoms with van der Waals surface area (Å²) in [6.45, 7) is 6.07. The zero-order chi connectivity index (χ0) is 18.9. The van der Waals surface area contributed by atoms with Crippen molar-refractivity contribution >= 4 is 17.2 Å². The van der Waals surface area contributed by atoms with Gasteiger partial charge in [-0.3, -0.25) is 4.79 Å². The molecular formula is C21H29N3O2S. The lowest BCUT2D eigenvalue weighted by Gasteiger charge is -2.20. The van der Waals surface area contributed by atoms with Crippen molar-refractivity contribution in [3.8, 4) is 5.75 Å². The van der Waals surface area contributed by atoms with Gasteiger partial charge in [0.15, 0.2) is 0 Å². The molecule has 0 aliphatic carbocycles. The van der Waals surface area contributed by atoms with Gasteiger partial charge in [-0.2, -0.15) is 0 Å². The molecular weight excluding hydrogens is 358 g/mol. The lowest BCUT2D eigenvalue weighted by Crippen LogP contribution is -2.32. The van der Waals surface area contributed by atoms with Crippen LogP contribution in [-0.4, -0.2) is 35.4 Å². The predicted molar refractivity (Wildman–Crippen MR) is 109 cm³/mol. The number of thiazole rings is 1. The second-order valence-electron chi connectivity index (χ2n) is 7.01. The van der Waals surface area contributed by atoms with Crippen LogP contribution in [0, 0.1) is 6.92 Å². The molecule has 1 aliphatic rings. The largest absolute Gasteiger partial charge is 0.487 e. The summed E-state index contributed by atoms with van der Waals surface area (Å²) in [7, 11) is 0. The number of aromatic nitrogens is 1. The lowest BCUT2D eigenvalue weighted by molar-refractivity contribution is -0.130. The number of carbonyl (C=O) groups is 1. The fourth-order valence-electron chi connectivity index (χ4n) is 3.24. The molecule has 2 aromatic rings. The summed E-state index contributed by atoms with van der Waals surface area (Å²) in [5.41, 5.74) is 2.21. The molecule has 3 rings (SSSR count). The third-order valence-corrected chi connectivity index (χ3v) is 5.58. The number of amides is 1. The highest BCUT2D eigenvalue weighted by Gasteiger charge is 2.15. The van der Waals surface area contributed by atoms with Crippen molar-refractivity contribution in [1.29, 1.82) is 0 Å². The third-order valence-electron chi connectivity index (χ3n) is 4.76. The number of benzene rings is 1. The van der Waals surface area contributed by atoms with Crippen molar-refractivity contribution in [1.82, 2.24) is 15.2 Å². The maximum Gasteiger partial charge on any atom is 0.222 e. The fraction of sp³-hybridized carbons (Fsp3) is 0.524. The van der Waals surface area contributed by atoms with Crippen LogP contribution in [0.2, 0.25) is 0 Å². The number of nitrogens with one attached hydrogen (secondary N) is 1. The minimum Gasteiger partial charge on any atom is -0.487 e. The molecule has 1 N–H and O–H groups in total. The second kappa shape index (κ2) is 10.4. The van der Waals surface area contributed by atoms with Crippen molar-refractivity contribution in [2.45, 2.75) is 52.2 Å².